The van der Waals surface area contributed by atoms with E-state index in [2.05, 4.69) is 10.6 Å². The van der Waals surface area contributed by atoms with Crippen molar-refractivity contribution in [2.24, 2.45) is 11.5 Å². The van der Waals surface area contributed by atoms with Crippen molar-refractivity contribution in [1.29, 1.82) is 5.41 Å². The molecule has 15 heavy (non-hydrogen) atoms. The standard InChI is InChI=1S/C8H17N5O2/c1-5(14)13-6(7(9)15)3-2-4-12-8(10)11/h6H,2-4H2,1H3,(H2,9,15)(H,13,14)(H4,10,11,12)/t6-/m1/s1. The van der Waals surface area contributed by atoms with Gasteiger partial charge in [-0.15, -0.1) is 0 Å². The van der Waals surface area contributed by atoms with Crippen molar-refractivity contribution < 1.29 is 9.59 Å². The number of primary amides is 1. The van der Waals surface area contributed by atoms with Crippen molar-refractivity contribution >= 4 is 17.8 Å². The van der Waals surface area contributed by atoms with Gasteiger partial charge in [-0.3, -0.25) is 15.0 Å². The molecule has 0 rings (SSSR count). The van der Waals surface area contributed by atoms with E-state index < -0.39 is 11.9 Å². The summed E-state index contributed by atoms with van der Waals surface area (Å²) in [6, 6.07) is -0.656. The number of rotatable bonds is 6. The van der Waals surface area contributed by atoms with Crippen LogP contribution >= 0.6 is 0 Å². The van der Waals surface area contributed by atoms with Crippen LogP contribution in [0.1, 0.15) is 19.8 Å². The highest BCUT2D eigenvalue weighted by atomic mass is 16.2. The average molecular weight is 215 g/mol. The van der Waals surface area contributed by atoms with Crippen LogP contribution in [0.3, 0.4) is 0 Å². The van der Waals surface area contributed by atoms with Gasteiger partial charge in [0.2, 0.25) is 11.8 Å². The van der Waals surface area contributed by atoms with Crippen LogP contribution in [0.2, 0.25) is 0 Å². The maximum atomic E-state index is 10.9. The fourth-order valence-corrected chi connectivity index (χ4v) is 1.06. The van der Waals surface area contributed by atoms with Gasteiger partial charge in [-0.2, -0.15) is 0 Å². The topological polar surface area (TPSA) is 134 Å². The summed E-state index contributed by atoms with van der Waals surface area (Å²) in [4.78, 5) is 21.6. The van der Waals surface area contributed by atoms with Crippen LogP contribution in [-0.4, -0.2) is 30.4 Å². The first-order valence-electron chi connectivity index (χ1n) is 4.57. The van der Waals surface area contributed by atoms with Crippen LogP contribution < -0.4 is 22.1 Å². The van der Waals surface area contributed by atoms with Gasteiger partial charge in [0.05, 0.1) is 0 Å². The Bertz CT molecular complexity index is 253. The molecule has 0 spiro atoms. The molecular weight excluding hydrogens is 198 g/mol. The minimum Gasteiger partial charge on any atom is -0.370 e. The van der Waals surface area contributed by atoms with Crippen LogP contribution in [0.15, 0.2) is 0 Å². The van der Waals surface area contributed by atoms with E-state index in [-0.39, 0.29) is 11.9 Å². The fraction of sp³-hybridized carbons (Fsp3) is 0.625. The molecule has 1 atom stereocenters. The molecule has 7 heteroatoms. The molecule has 0 unspecified atom stereocenters. The lowest BCUT2D eigenvalue weighted by Crippen LogP contribution is -2.44. The zero-order valence-electron chi connectivity index (χ0n) is 8.67. The largest absolute Gasteiger partial charge is 0.370 e. The lowest BCUT2D eigenvalue weighted by Gasteiger charge is -2.13. The van der Waals surface area contributed by atoms with E-state index in [9.17, 15) is 9.59 Å². The first-order chi connectivity index (χ1) is 6.93. The smallest absolute Gasteiger partial charge is 0.240 e. The Morgan fingerprint density at radius 1 is 1.40 bits per heavy atom. The van der Waals surface area contributed by atoms with Gasteiger partial charge < -0.3 is 22.1 Å². The lowest BCUT2D eigenvalue weighted by atomic mass is 10.1. The second-order valence-corrected chi connectivity index (χ2v) is 3.14. The van der Waals surface area contributed by atoms with Gasteiger partial charge in [-0.25, -0.2) is 0 Å². The fourth-order valence-electron chi connectivity index (χ4n) is 1.06. The quantitative estimate of drug-likeness (QED) is 0.204. The van der Waals surface area contributed by atoms with Crippen LogP contribution in [0.25, 0.3) is 0 Å². The predicted octanol–water partition coefficient (Wildman–Crippen LogP) is -1.76. The van der Waals surface area contributed by atoms with Crippen molar-refractivity contribution in [2.45, 2.75) is 25.8 Å². The molecule has 0 aliphatic rings. The van der Waals surface area contributed by atoms with E-state index in [1.54, 1.807) is 0 Å². The summed E-state index contributed by atoms with van der Waals surface area (Å²) >= 11 is 0. The van der Waals surface area contributed by atoms with E-state index in [1.807, 2.05) is 0 Å². The summed E-state index contributed by atoms with van der Waals surface area (Å²) in [5.74, 6) is -0.975. The molecule has 0 aromatic heterocycles. The van der Waals surface area contributed by atoms with Gasteiger partial charge in [-0.1, -0.05) is 0 Å². The second kappa shape index (κ2) is 6.63. The molecule has 0 saturated carbocycles. The Morgan fingerprint density at radius 3 is 2.40 bits per heavy atom. The highest BCUT2D eigenvalue weighted by molar-refractivity contribution is 5.85. The van der Waals surface area contributed by atoms with Crippen molar-refractivity contribution in [3.05, 3.63) is 0 Å². The van der Waals surface area contributed by atoms with Gasteiger partial charge in [0.25, 0.3) is 0 Å². The van der Waals surface area contributed by atoms with Crippen molar-refractivity contribution in [1.82, 2.24) is 10.6 Å². The molecule has 0 aromatic carbocycles. The number of nitrogens with one attached hydrogen (secondary N) is 3. The molecule has 7 N–H and O–H groups in total. The maximum absolute atomic E-state index is 10.9. The molecule has 0 fully saturated rings. The summed E-state index contributed by atoms with van der Waals surface area (Å²) in [6.45, 7) is 1.79. The lowest BCUT2D eigenvalue weighted by molar-refractivity contribution is -0.126. The SMILES string of the molecule is CC(=O)N[C@H](CCCNC(=N)N)C(N)=O. The number of carbonyl (C=O) groups is 2. The molecule has 0 radical (unpaired) electrons. The molecule has 86 valence electrons. The van der Waals surface area contributed by atoms with Crippen molar-refractivity contribution in [2.75, 3.05) is 6.54 Å². The molecular formula is C8H17N5O2. The summed E-state index contributed by atoms with van der Waals surface area (Å²) in [6.07, 6.45) is 1.02. The van der Waals surface area contributed by atoms with Crippen molar-refractivity contribution in [3.63, 3.8) is 0 Å². The van der Waals surface area contributed by atoms with Crippen molar-refractivity contribution in [3.8, 4) is 0 Å². The molecule has 7 nitrogen and oxygen atoms in total. The molecule has 0 aromatic rings. The Hall–Kier alpha value is -1.79. The number of hydrogen-bond acceptors (Lipinski definition) is 3. The highest BCUT2D eigenvalue weighted by Gasteiger charge is 2.15. The minimum atomic E-state index is -0.656. The monoisotopic (exact) mass is 215 g/mol. The number of hydrogen-bond donors (Lipinski definition) is 5. The zero-order valence-corrected chi connectivity index (χ0v) is 8.67. The van der Waals surface area contributed by atoms with Gasteiger partial charge in [-0.05, 0) is 12.8 Å². The van der Waals surface area contributed by atoms with E-state index in [4.69, 9.17) is 16.9 Å². The number of guanidine groups is 1. The highest BCUT2D eigenvalue weighted by Crippen LogP contribution is 1.95. The van der Waals surface area contributed by atoms with Gasteiger partial charge in [0, 0.05) is 13.5 Å². The second-order valence-electron chi connectivity index (χ2n) is 3.14. The molecule has 0 saturated heterocycles. The number of carbonyl (C=O) groups excluding carboxylic acids is 2. The molecule has 0 bridgehead atoms. The molecule has 0 aliphatic heterocycles. The number of amides is 2. The number of nitrogens with two attached hydrogens (primary N) is 2. The summed E-state index contributed by atoms with van der Waals surface area (Å²) in [7, 11) is 0. The third-order valence-corrected chi connectivity index (χ3v) is 1.71. The maximum Gasteiger partial charge on any atom is 0.240 e. The van der Waals surface area contributed by atoms with Crippen LogP contribution in [-0.2, 0) is 9.59 Å². The van der Waals surface area contributed by atoms with E-state index in [0.717, 1.165) is 0 Å². The molecule has 2 amide bonds. The first kappa shape index (κ1) is 13.2. The third-order valence-electron chi connectivity index (χ3n) is 1.71. The summed E-state index contributed by atoms with van der Waals surface area (Å²) in [5.41, 5.74) is 10.1. The Labute approximate surface area is 88.1 Å². The van der Waals surface area contributed by atoms with Gasteiger partial charge in [0.1, 0.15) is 6.04 Å². The molecule has 0 aliphatic carbocycles. The normalized spacial score (nSPS) is 11.5. The van der Waals surface area contributed by atoms with Crippen LogP contribution in [0, 0.1) is 5.41 Å². The Morgan fingerprint density at radius 2 is 2.00 bits per heavy atom. The van der Waals surface area contributed by atoms with Crippen LogP contribution in [0.4, 0.5) is 0 Å². The zero-order chi connectivity index (χ0) is 11.8. The summed E-state index contributed by atoms with van der Waals surface area (Å²) in [5, 5.41) is 11.9. The average Bonchev–Trinajstić information content (AvgIpc) is 2.08. The van der Waals surface area contributed by atoms with Gasteiger partial charge >= 0.3 is 0 Å². The minimum absolute atomic E-state index is 0.120. The Balaban J connectivity index is 3.81. The predicted molar refractivity (Wildman–Crippen MR) is 55.9 cm³/mol. The third kappa shape index (κ3) is 7.29. The molecule has 0 heterocycles. The van der Waals surface area contributed by atoms with Crippen LogP contribution in [0.5, 0.6) is 0 Å². The van der Waals surface area contributed by atoms with E-state index >= 15 is 0 Å². The summed E-state index contributed by atoms with van der Waals surface area (Å²) < 4.78 is 0. The van der Waals surface area contributed by atoms with Gasteiger partial charge in [0.15, 0.2) is 5.96 Å². The first-order valence-corrected chi connectivity index (χ1v) is 4.57. The van der Waals surface area contributed by atoms with E-state index in [1.165, 1.54) is 6.92 Å². The Kier molecular flexibility index (Phi) is 5.84. The van der Waals surface area contributed by atoms with E-state index in [0.29, 0.717) is 19.4 Å².